The number of aliphatic hydroxyl groups excluding tert-OH is 1. The van der Waals surface area contributed by atoms with Crippen LogP contribution in [-0.2, 0) is 13.1 Å². The van der Waals surface area contributed by atoms with E-state index in [4.69, 9.17) is 30.8 Å². The van der Waals surface area contributed by atoms with Crippen molar-refractivity contribution in [2.24, 2.45) is 5.73 Å². The van der Waals surface area contributed by atoms with E-state index in [2.05, 4.69) is 82.0 Å². The first-order valence-corrected chi connectivity index (χ1v) is 16.3. The van der Waals surface area contributed by atoms with E-state index >= 15 is 0 Å². The van der Waals surface area contributed by atoms with E-state index in [1.54, 1.807) is 12.7 Å². The first-order valence-electron chi connectivity index (χ1n) is 11.9. The van der Waals surface area contributed by atoms with Crippen LogP contribution in [0.5, 0.6) is 11.8 Å². The number of nitrogens with zero attached hydrogens (tertiary/aromatic N) is 10. The highest BCUT2D eigenvalue weighted by molar-refractivity contribution is 14.1. The number of nitrogens with two attached hydrogens (primary N) is 1. The van der Waals surface area contributed by atoms with Crippen LogP contribution in [-0.4, -0.2) is 80.9 Å². The van der Waals surface area contributed by atoms with Crippen LogP contribution in [0.4, 0.5) is 0 Å². The van der Waals surface area contributed by atoms with Crippen LogP contribution in [0.15, 0.2) is 25.3 Å². The van der Waals surface area contributed by atoms with Crippen molar-refractivity contribution in [1.82, 2.24) is 39.0 Å². The maximum Gasteiger partial charge on any atom is 0.245 e. The summed E-state index contributed by atoms with van der Waals surface area (Å²) >= 11 is 4.30. The van der Waals surface area contributed by atoms with Gasteiger partial charge in [0.25, 0.3) is 0 Å². The van der Waals surface area contributed by atoms with E-state index < -0.39 is 0 Å². The Morgan fingerprint density at radius 2 is 1.20 bits per heavy atom. The zero-order valence-corrected chi connectivity index (χ0v) is 27.4. The Morgan fingerprint density at radius 1 is 0.775 bits per heavy atom. The fourth-order valence-electron chi connectivity index (χ4n) is 3.02. The molecule has 0 unspecified atom stereocenters. The average molecular weight is 779 g/mol. The number of aryl methyl sites for hydroxylation is 1. The molecule has 0 fully saturated rings. The molecule has 16 heteroatoms. The van der Waals surface area contributed by atoms with Crippen LogP contribution in [0.1, 0.15) is 26.2 Å². The number of alkyl halides is 2. The molecule has 0 aliphatic rings. The maximum absolute atomic E-state index is 8.45. The highest BCUT2D eigenvalue weighted by Crippen LogP contribution is 2.20. The molecule has 4 aromatic rings. The van der Waals surface area contributed by atoms with Gasteiger partial charge < -0.3 is 29.4 Å². The Morgan fingerprint density at radius 3 is 1.57 bits per heavy atom. The van der Waals surface area contributed by atoms with E-state index in [0.717, 1.165) is 25.7 Å². The van der Waals surface area contributed by atoms with Gasteiger partial charge in [-0.2, -0.15) is 20.5 Å². The molecular formula is C24H35I2N11O3. The van der Waals surface area contributed by atoms with E-state index in [-0.39, 0.29) is 0 Å². The predicted octanol–water partition coefficient (Wildman–Crippen LogP) is 3.32. The normalized spacial score (nSPS) is 9.25. The molecule has 4 rings (SSSR count). The summed E-state index contributed by atoms with van der Waals surface area (Å²) in [5, 5.41) is 23.9. The van der Waals surface area contributed by atoms with Crippen LogP contribution in [0, 0.1) is 22.7 Å². The summed E-state index contributed by atoms with van der Waals surface area (Å²) in [6.07, 6.45) is 7.93. The molecule has 0 radical (unpaired) electrons. The summed E-state index contributed by atoms with van der Waals surface area (Å²) in [7, 11) is 1.00. The van der Waals surface area contributed by atoms with Crippen molar-refractivity contribution in [3.05, 3.63) is 25.3 Å². The summed E-state index contributed by atoms with van der Waals surface area (Å²) < 4.78 is 14.6. The van der Waals surface area contributed by atoms with Gasteiger partial charge in [0, 0.05) is 26.7 Å². The molecule has 0 aliphatic heterocycles. The van der Waals surface area contributed by atoms with Crippen LogP contribution < -0.4 is 15.2 Å². The molecule has 218 valence electrons. The van der Waals surface area contributed by atoms with E-state index in [1.807, 2.05) is 31.1 Å². The minimum atomic E-state index is 0.298. The van der Waals surface area contributed by atoms with Crippen molar-refractivity contribution in [1.29, 1.82) is 10.5 Å². The predicted molar refractivity (Wildman–Crippen MR) is 169 cm³/mol. The third-order valence-electron chi connectivity index (χ3n) is 4.48. The topological polar surface area (TPSA) is 199 Å². The number of rotatable bonds is 10. The number of hydrogen-bond donors (Lipinski definition) is 2. The quantitative estimate of drug-likeness (QED) is 0.135. The summed E-state index contributed by atoms with van der Waals surface area (Å²) in [6.45, 7) is 4.74. The van der Waals surface area contributed by atoms with Gasteiger partial charge in [0.2, 0.25) is 11.8 Å². The molecule has 3 N–H and O–H groups in total. The van der Waals surface area contributed by atoms with Crippen LogP contribution in [0.3, 0.4) is 0 Å². The van der Waals surface area contributed by atoms with Gasteiger partial charge in [0.05, 0.1) is 37.6 Å². The number of fused-ring (bicyclic) bond motifs is 2. The van der Waals surface area contributed by atoms with Crippen LogP contribution in [0.2, 0.25) is 0 Å². The number of hydrogen-bond acceptors (Lipinski definition) is 12. The summed E-state index contributed by atoms with van der Waals surface area (Å²) in [5.74, 6) is 0.848. The van der Waals surface area contributed by atoms with Gasteiger partial charge >= 0.3 is 0 Å². The lowest BCUT2D eigenvalue weighted by atomic mass is 10.4. The third-order valence-corrected chi connectivity index (χ3v) is 4.48. The van der Waals surface area contributed by atoms with Gasteiger partial charge in [-0.15, -0.1) is 0 Å². The first kappa shape index (κ1) is 37.1. The second-order valence-electron chi connectivity index (χ2n) is 6.88. The zero-order chi connectivity index (χ0) is 30.2. The number of halogens is 2. The number of imidazole rings is 2. The Balaban J connectivity index is 0.000000641. The SMILES string of the molecule is CCCn1cnc2c(OCCC#N)ncnc21.CI.CI.CO.N#CCCOc1ncnc2c1ncn2CCN. The van der Waals surface area contributed by atoms with Crippen molar-refractivity contribution >= 4 is 67.5 Å². The summed E-state index contributed by atoms with van der Waals surface area (Å²) in [4.78, 5) is 28.7. The van der Waals surface area contributed by atoms with E-state index in [1.165, 1.54) is 12.7 Å². The van der Waals surface area contributed by atoms with E-state index in [0.29, 0.717) is 67.6 Å². The van der Waals surface area contributed by atoms with Gasteiger partial charge in [0.15, 0.2) is 22.3 Å². The highest BCUT2D eigenvalue weighted by atomic mass is 127. The average Bonchev–Trinajstić information content (AvgIpc) is 3.63. The molecule has 0 aromatic carbocycles. The fraction of sp³-hybridized carbons (Fsp3) is 0.500. The van der Waals surface area contributed by atoms with Crippen molar-refractivity contribution in [3.8, 4) is 23.9 Å². The first-order chi connectivity index (χ1) is 19.7. The Hall–Kier alpha value is -2.94. The van der Waals surface area contributed by atoms with Gasteiger partial charge in [-0.1, -0.05) is 52.1 Å². The third kappa shape index (κ3) is 11.7. The molecular weight excluding hydrogens is 744 g/mol. The maximum atomic E-state index is 8.45. The number of aliphatic hydroxyl groups is 1. The molecule has 0 spiro atoms. The highest BCUT2D eigenvalue weighted by Gasteiger charge is 2.11. The van der Waals surface area contributed by atoms with Crippen molar-refractivity contribution < 1.29 is 14.6 Å². The zero-order valence-electron chi connectivity index (χ0n) is 23.0. The van der Waals surface area contributed by atoms with Crippen molar-refractivity contribution in [2.45, 2.75) is 39.3 Å². The molecule has 14 nitrogen and oxygen atoms in total. The smallest absolute Gasteiger partial charge is 0.245 e. The lowest BCUT2D eigenvalue weighted by molar-refractivity contribution is 0.317. The van der Waals surface area contributed by atoms with Gasteiger partial charge in [0.1, 0.15) is 25.9 Å². The lowest BCUT2D eigenvalue weighted by Crippen LogP contribution is -2.09. The standard InChI is InChI=1S/C11H13N5O.C10H12N6O.2CH3I.CH4O/c1-2-5-16-8-15-9-10(16)13-7-14-11(9)17-6-3-4-12;11-2-1-5-17-10-8-9(13-6-14-10)16(4-3-12)7-15-8;3*1-2/h7-8H,2-3,5-6H2,1H3;6-7H,1,3-5,12H2;2*1H3;2H,1H3. The summed E-state index contributed by atoms with van der Waals surface area (Å²) in [5.41, 5.74) is 8.20. The van der Waals surface area contributed by atoms with Gasteiger partial charge in [-0.25, -0.2) is 19.9 Å². The monoisotopic (exact) mass is 779 g/mol. The van der Waals surface area contributed by atoms with Crippen molar-refractivity contribution in [2.75, 3.05) is 36.7 Å². The second-order valence-corrected chi connectivity index (χ2v) is 6.88. The van der Waals surface area contributed by atoms with E-state index in [9.17, 15) is 0 Å². The van der Waals surface area contributed by atoms with Gasteiger partial charge in [-0.3, -0.25) is 0 Å². The Kier molecular flexibility index (Phi) is 22.1. The molecule has 0 saturated carbocycles. The number of ether oxygens (including phenoxy) is 2. The Labute approximate surface area is 261 Å². The van der Waals surface area contributed by atoms with Gasteiger partial charge in [-0.05, 0) is 16.3 Å². The number of aromatic nitrogens is 8. The summed E-state index contributed by atoms with van der Waals surface area (Å²) in [6, 6.07) is 4.02. The van der Waals surface area contributed by atoms with Crippen LogP contribution in [0.25, 0.3) is 22.3 Å². The molecule has 0 bridgehead atoms. The fourth-order valence-corrected chi connectivity index (χ4v) is 3.02. The second kappa shape index (κ2) is 23.9. The molecule has 40 heavy (non-hydrogen) atoms. The number of nitriles is 2. The van der Waals surface area contributed by atoms with Crippen molar-refractivity contribution in [3.63, 3.8) is 0 Å². The minimum absolute atomic E-state index is 0.298. The molecule has 0 aliphatic carbocycles. The molecule has 4 heterocycles. The van der Waals surface area contributed by atoms with Crippen LogP contribution >= 0.6 is 45.2 Å². The molecule has 0 atom stereocenters. The lowest BCUT2D eigenvalue weighted by Gasteiger charge is -2.03. The molecule has 0 saturated heterocycles. The molecule has 0 amide bonds. The minimum Gasteiger partial charge on any atom is -0.475 e. The largest absolute Gasteiger partial charge is 0.475 e. The molecule has 4 aromatic heterocycles. The Bertz CT molecular complexity index is 1200.